The highest BCUT2D eigenvalue weighted by atomic mass is 16.5. The average Bonchev–Trinajstić information content (AvgIpc) is 2.10. The molecule has 1 aliphatic heterocycles. The molecule has 0 aromatic rings. The van der Waals surface area contributed by atoms with Crippen molar-refractivity contribution in [3.63, 3.8) is 0 Å². The van der Waals surface area contributed by atoms with E-state index in [1.54, 1.807) is 0 Å². The Bertz CT molecular complexity index is 182. The number of ether oxygens (including phenoxy) is 1. The van der Waals surface area contributed by atoms with Gasteiger partial charge in [0.15, 0.2) is 0 Å². The fourth-order valence-electron chi connectivity index (χ4n) is 2.05. The molecule has 13 heavy (non-hydrogen) atoms. The van der Waals surface area contributed by atoms with Gasteiger partial charge in [0.1, 0.15) is 0 Å². The Kier molecular flexibility index (Phi) is 3.00. The van der Waals surface area contributed by atoms with Gasteiger partial charge in [-0.25, -0.2) is 0 Å². The van der Waals surface area contributed by atoms with Crippen LogP contribution >= 0.6 is 0 Å². The third-order valence-corrected chi connectivity index (χ3v) is 3.49. The van der Waals surface area contributed by atoms with E-state index < -0.39 is 5.60 Å². The van der Waals surface area contributed by atoms with Crippen molar-refractivity contribution in [1.29, 1.82) is 0 Å². The molecular formula is C10H21NO2. The Morgan fingerprint density at radius 2 is 2.23 bits per heavy atom. The Morgan fingerprint density at radius 3 is 2.69 bits per heavy atom. The summed E-state index contributed by atoms with van der Waals surface area (Å²) < 4.78 is 5.32. The van der Waals surface area contributed by atoms with E-state index in [-0.39, 0.29) is 11.3 Å². The third kappa shape index (κ3) is 1.73. The lowest BCUT2D eigenvalue weighted by molar-refractivity contribution is -0.165. The van der Waals surface area contributed by atoms with Crippen molar-refractivity contribution < 1.29 is 9.84 Å². The van der Waals surface area contributed by atoms with Crippen LogP contribution in [-0.4, -0.2) is 30.5 Å². The van der Waals surface area contributed by atoms with Crippen LogP contribution in [-0.2, 0) is 4.74 Å². The first kappa shape index (κ1) is 11.0. The van der Waals surface area contributed by atoms with Gasteiger partial charge in [-0.15, -0.1) is 0 Å². The van der Waals surface area contributed by atoms with E-state index in [2.05, 4.69) is 0 Å². The van der Waals surface area contributed by atoms with Gasteiger partial charge in [-0.3, -0.25) is 0 Å². The largest absolute Gasteiger partial charge is 0.389 e. The number of hydrogen-bond donors (Lipinski definition) is 2. The second-order valence-electron chi connectivity index (χ2n) is 4.74. The van der Waals surface area contributed by atoms with E-state index in [1.807, 2.05) is 20.8 Å². The van der Waals surface area contributed by atoms with E-state index in [0.29, 0.717) is 26.2 Å². The average molecular weight is 187 g/mol. The molecule has 2 unspecified atom stereocenters. The smallest absolute Gasteiger partial charge is 0.0779 e. The molecule has 0 radical (unpaired) electrons. The lowest BCUT2D eigenvalue weighted by Crippen LogP contribution is -2.57. The van der Waals surface area contributed by atoms with Gasteiger partial charge in [0, 0.05) is 30.9 Å². The van der Waals surface area contributed by atoms with Crippen LogP contribution in [0.3, 0.4) is 0 Å². The molecule has 2 atom stereocenters. The summed E-state index contributed by atoms with van der Waals surface area (Å²) in [6.45, 7) is 7.86. The minimum absolute atomic E-state index is 0.166. The standard InChI is InChI=1S/C10H21NO2/c1-8-6-13-5-4-10(8,12)9(2,3)7-11/h8,12H,4-7,11H2,1-3H3. The van der Waals surface area contributed by atoms with Gasteiger partial charge >= 0.3 is 0 Å². The molecule has 78 valence electrons. The van der Waals surface area contributed by atoms with Crippen LogP contribution < -0.4 is 5.73 Å². The van der Waals surface area contributed by atoms with Crippen molar-refractivity contribution in [1.82, 2.24) is 0 Å². The van der Waals surface area contributed by atoms with Crippen LogP contribution in [0.4, 0.5) is 0 Å². The number of aliphatic hydroxyl groups is 1. The predicted molar refractivity (Wildman–Crippen MR) is 52.4 cm³/mol. The van der Waals surface area contributed by atoms with E-state index in [1.165, 1.54) is 0 Å². The van der Waals surface area contributed by atoms with Gasteiger partial charge in [-0.2, -0.15) is 0 Å². The zero-order valence-electron chi connectivity index (χ0n) is 8.84. The molecule has 0 aromatic carbocycles. The van der Waals surface area contributed by atoms with Crippen molar-refractivity contribution >= 4 is 0 Å². The SMILES string of the molecule is CC1COCCC1(O)C(C)(C)CN. The molecule has 1 aliphatic rings. The zero-order valence-corrected chi connectivity index (χ0v) is 8.84. The molecule has 1 heterocycles. The summed E-state index contributed by atoms with van der Waals surface area (Å²) in [7, 11) is 0. The third-order valence-electron chi connectivity index (χ3n) is 3.49. The highest BCUT2D eigenvalue weighted by molar-refractivity contribution is 4.98. The summed E-state index contributed by atoms with van der Waals surface area (Å²) >= 11 is 0. The first-order chi connectivity index (χ1) is 5.94. The summed E-state index contributed by atoms with van der Waals surface area (Å²) in [5.41, 5.74) is 4.79. The Balaban J connectivity index is 2.83. The maximum atomic E-state index is 10.5. The van der Waals surface area contributed by atoms with Crippen LogP contribution in [0, 0.1) is 11.3 Å². The van der Waals surface area contributed by atoms with E-state index >= 15 is 0 Å². The molecule has 0 spiro atoms. The molecule has 1 rings (SSSR count). The molecule has 0 aromatic heterocycles. The number of rotatable bonds is 2. The molecule has 3 nitrogen and oxygen atoms in total. The Hall–Kier alpha value is -0.120. The maximum Gasteiger partial charge on any atom is 0.0779 e. The second kappa shape index (κ2) is 3.56. The summed E-state index contributed by atoms with van der Waals surface area (Å²) in [5.74, 6) is 0.166. The van der Waals surface area contributed by atoms with Gasteiger partial charge in [0.05, 0.1) is 12.2 Å². The molecule has 0 aliphatic carbocycles. The van der Waals surface area contributed by atoms with Crippen LogP contribution in [0.2, 0.25) is 0 Å². The molecule has 0 saturated carbocycles. The first-order valence-electron chi connectivity index (χ1n) is 4.94. The second-order valence-corrected chi connectivity index (χ2v) is 4.74. The summed E-state index contributed by atoms with van der Waals surface area (Å²) in [6.07, 6.45) is 0.693. The van der Waals surface area contributed by atoms with Gasteiger partial charge in [0.25, 0.3) is 0 Å². The monoisotopic (exact) mass is 187 g/mol. The molecule has 3 heteroatoms. The van der Waals surface area contributed by atoms with Crippen molar-refractivity contribution in [3.8, 4) is 0 Å². The summed E-state index contributed by atoms with van der Waals surface area (Å²) in [4.78, 5) is 0. The first-order valence-corrected chi connectivity index (χ1v) is 4.94. The topological polar surface area (TPSA) is 55.5 Å². The van der Waals surface area contributed by atoms with Crippen molar-refractivity contribution in [3.05, 3.63) is 0 Å². The number of nitrogens with two attached hydrogens (primary N) is 1. The van der Waals surface area contributed by atoms with Crippen molar-refractivity contribution in [2.45, 2.75) is 32.8 Å². The van der Waals surface area contributed by atoms with Crippen LogP contribution in [0.5, 0.6) is 0 Å². The minimum Gasteiger partial charge on any atom is -0.389 e. The summed E-state index contributed by atoms with van der Waals surface area (Å²) in [5, 5.41) is 10.5. The van der Waals surface area contributed by atoms with Gasteiger partial charge < -0.3 is 15.6 Å². The van der Waals surface area contributed by atoms with E-state index in [9.17, 15) is 5.11 Å². The molecule has 1 fully saturated rings. The molecule has 3 N–H and O–H groups in total. The Morgan fingerprint density at radius 1 is 1.62 bits per heavy atom. The van der Waals surface area contributed by atoms with Crippen molar-refractivity contribution in [2.24, 2.45) is 17.1 Å². The van der Waals surface area contributed by atoms with E-state index in [4.69, 9.17) is 10.5 Å². The molecule has 0 amide bonds. The highest BCUT2D eigenvalue weighted by Crippen LogP contribution is 2.41. The summed E-state index contributed by atoms with van der Waals surface area (Å²) in [6, 6.07) is 0. The fourth-order valence-corrected chi connectivity index (χ4v) is 2.05. The fraction of sp³-hybridized carbons (Fsp3) is 1.00. The molecular weight excluding hydrogens is 166 g/mol. The van der Waals surface area contributed by atoms with Gasteiger partial charge in [0.2, 0.25) is 0 Å². The van der Waals surface area contributed by atoms with Crippen molar-refractivity contribution in [2.75, 3.05) is 19.8 Å². The molecule has 1 saturated heterocycles. The van der Waals surface area contributed by atoms with E-state index in [0.717, 1.165) is 0 Å². The van der Waals surface area contributed by atoms with Crippen LogP contribution in [0.15, 0.2) is 0 Å². The number of hydrogen-bond acceptors (Lipinski definition) is 3. The zero-order chi connectivity index (χ0) is 10.1. The van der Waals surface area contributed by atoms with Crippen LogP contribution in [0.25, 0.3) is 0 Å². The lowest BCUT2D eigenvalue weighted by Gasteiger charge is -2.48. The highest BCUT2D eigenvalue weighted by Gasteiger charge is 2.47. The lowest BCUT2D eigenvalue weighted by atomic mass is 9.66. The Labute approximate surface area is 80.3 Å². The van der Waals surface area contributed by atoms with Gasteiger partial charge in [-0.05, 0) is 0 Å². The molecule has 0 bridgehead atoms. The van der Waals surface area contributed by atoms with Gasteiger partial charge in [-0.1, -0.05) is 20.8 Å². The van der Waals surface area contributed by atoms with Crippen LogP contribution in [0.1, 0.15) is 27.2 Å². The quantitative estimate of drug-likeness (QED) is 0.671. The normalized spacial score (nSPS) is 36.2. The predicted octanol–water partition coefficient (Wildman–Crippen LogP) is 0.759. The minimum atomic E-state index is -0.667. The maximum absolute atomic E-state index is 10.5.